The molecule has 0 aromatic heterocycles. The molecule has 1 unspecified atom stereocenters. The van der Waals surface area contributed by atoms with E-state index in [1.807, 2.05) is 0 Å². The Hall–Kier alpha value is -0.890. The average molecular weight is 220 g/mol. The van der Waals surface area contributed by atoms with Gasteiger partial charge >= 0.3 is 0 Å². The van der Waals surface area contributed by atoms with Crippen LogP contribution in [0.15, 0.2) is 18.2 Å². The average Bonchev–Trinajstić information content (AvgIpc) is 2.87. The van der Waals surface area contributed by atoms with Gasteiger partial charge in [-0.1, -0.05) is 18.9 Å². The van der Waals surface area contributed by atoms with E-state index in [0.717, 1.165) is 36.8 Å². The Morgan fingerprint density at radius 1 is 1.25 bits per heavy atom. The molecule has 0 spiro atoms. The zero-order valence-electron chi connectivity index (χ0n) is 9.38. The lowest BCUT2D eigenvalue weighted by Gasteiger charge is -2.30. The molecule has 0 bridgehead atoms. The molecule has 1 aromatic rings. The first kappa shape index (κ1) is 10.3. The number of hydrogen-bond donors (Lipinski definition) is 1. The predicted molar refractivity (Wildman–Crippen MR) is 60.6 cm³/mol. The van der Waals surface area contributed by atoms with E-state index in [-0.39, 0.29) is 5.82 Å². The smallest absolute Gasteiger partial charge is 0.123 e. The second-order valence-electron chi connectivity index (χ2n) is 5.21. The Balaban J connectivity index is 2.00. The number of halogens is 1. The maximum atomic E-state index is 13.1. The highest BCUT2D eigenvalue weighted by molar-refractivity contribution is 5.38. The van der Waals surface area contributed by atoms with Gasteiger partial charge < -0.3 is 5.11 Å². The molecule has 0 aliphatic heterocycles. The van der Waals surface area contributed by atoms with Gasteiger partial charge in [0.2, 0.25) is 0 Å². The molecule has 2 heteroatoms. The minimum atomic E-state index is -0.667. The molecular weight excluding hydrogens is 203 g/mol. The molecule has 0 radical (unpaired) electrons. The summed E-state index contributed by atoms with van der Waals surface area (Å²) in [5, 5.41) is 10.8. The van der Waals surface area contributed by atoms with Crippen LogP contribution in [0.2, 0.25) is 0 Å². The van der Waals surface area contributed by atoms with E-state index < -0.39 is 5.60 Å². The molecular formula is C14H17FO. The molecule has 2 aliphatic carbocycles. The molecule has 16 heavy (non-hydrogen) atoms. The Kier molecular flexibility index (Phi) is 2.28. The molecule has 1 atom stereocenters. The fraction of sp³-hybridized carbons (Fsp3) is 0.571. The van der Waals surface area contributed by atoms with E-state index in [0.29, 0.717) is 5.92 Å². The van der Waals surface area contributed by atoms with Crippen molar-refractivity contribution in [2.75, 3.05) is 0 Å². The quantitative estimate of drug-likeness (QED) is 0.770. The first-order valence-electron chi connectivity index (χ1n) is 6.21. The summed E-state index contributed by atoms with van der Waals surface area (Å²) in [4.78, 5) is 0. The lowest BCUT2D eigenvalue weighted by molar-refractivity contribution is -0.0200. The molecule has 1 saturated carbocycles. The van der Waals surface area contributed by atoms with Crippen molar-refractivity contribution < 1.29 is 9.50 Å². The van der Waals surface area contributed by atoms with Crippen molar-refractivity contribution in [1.82, 2.24) is 0 Å². The van der Waals surface area contributed by atoms with Crippen LogP contribution in [0.3, 0.4) is 0 Å². The number of rotatable bonds is 1. The van der Waals surface area contributed by atoms with E-state index in [2.05, 4.69) is 0 Å². The Labute approximate surface area is 95.3 Å². The maximum absolute atomic E-state index is 13.1. The highest BCUT2D eigenvalue weighted by Crippen LogP contribution is 2.48. The molecule has 1 nitrogen and oxygen atoms in total. The number of aryl methyl sites for hydroxylation is 1. The summed E-state index contributed by atoms with van der Waals surface area (Å²) < 4.78 is 13.1. The monoisotopic (exact) mass is 220 g/mol. The second kappa shape index (κ2) is 3.56. The van der Waals surface area contributed by atoms with Gasteiger partial charge in [0.25, 0.3) is 0 Å². The second-order valence-corrected chi connectivity index (χ2v) is 5.21. The van der Waals surface area contributed by atoms with Gasteiger partial charge in [0.15, 0.2) is 0 Å². The summed E-state index contributed by atoms with van der Waals surface area (Å²) in [6, 6.07) is 4.85. The van der Waals surface area contributed by atoms with Crippen LogP contribution in [-0.4, -0.2) is 5.11 Å². The molecule has 0 heterocycles. The van der Waals surface area contributed by atoms with Crippen LogP contribution in [0.5, 0.6) is 0 Å². The maximum Gasteiger partial charge on any atom is 0.123 e. The number of benzene rings is 1. The Morgan fingerprint density at radius 2 is 2.00 bits per heavy atom. The number of aliphatic hydroxyl groups is 1. The van der Waals surface area contributed by atoms with Crippen LogP contribution in [0.25, 0.3) is 0 Å². The third-order valence-electron chi connectivity index (χ3n) is 4.34. The summed E-state index contributed by atoms with van der Waals surface area (Å²) in [6.07, 6.45) is 6.28. The number of fused-ring (bicyclic) bond motifs is 1. The van der Waals surface area contributed by atoms with Crippen molar-refractivity contribution >= 4 is 0 Å². The SMILES string of the molecule is OC1(C2CCCC2)CCc2cc(F)ccc21. The lowest BCUT2D eigenvalue weighted by Crippen LogP contribution is -2.31. The molecule has 0 amide bonds. The van der Waals surface area contributed by atoms with Gasteiger partial charge in [-0.15, -0.1) is 0 Å². The normalized spacial score (nSPS) is 29.6. The minimum absolute atomic E-state index is 0.186. The Morgan fingerprint density at radius 3 is 2.75 bits per heavy atom. The van der Waals surface area contributed by atoms with Crippen LogP contribution in [0.4, 0.5) is 4.39 Å². The zero-order valence-corrected chi connectivity index (χ0v) is 9.38. The van der Waals surface area contributed by atoms with Gasteiger partial charge in [-0.2, -0.15) is 0 Å². The van der Waals surface area contributed by atoms with Gasteiger partial charge in [0.05, 0.1) is 5.60 Å². The van der Waals surface area contributed by atoms with Crippen molar-refractivity contribution in [2.24, 2.45) is 5.92 Å². The Bertz CT molecular complexity index is 409. The molecule has 1 aromatic carbocycles. The topological polar surface area (TPSA) is 20.2 Å². The van der Waals surface area contributed by atoms with Crippen LogP contribution in [0, 0.1) is 11.7 Å². The van der Waals surface area contributed by atoms with Crippen LogP contribution < -0.4 is 0 Å². The van der Waals surface area contributed by atoms with Gasteiger partial charge in [0, 0.05) is 0 Å². The summed E-state index contributed by atoms with van der Waals surface area (Å²) in [5.74, 6) is 0.202. The van der Waals surface area contributed by atoms with Crippen LogP contribution in [-0.2, 0) is 12.0 Å². The van der Waals surface area contributed by atoms with E-state index in [1.54, 1.807) is 12.1 Å². The first-order valence-corrected chi connectivity index (χ1v) is 6.21. The van der Waals surface area contributed by atoms with E-state index in [4.69, 9.17) is 0 Å². The minimum Gasteiger partial charge on any atom is -0.385 e. The van der Waals surface area contributed by atoms with E-state index in [9.17, 15) is 9.50 Å². The summed E-state index contributed by atoms with van der Waals surface area (Å²) in [6.45, 7) is 0. The van der Waals surface area contributed by atoms with Gasteiger partial charge in [-0.25, -0.2) is 4.39 Å². The van der Waals surface area contributed by atoms with Crippen molar-refractivity contribution in [3.63, 3.8) is 0 Å². The standard InChI is InChI=1S/C14H17FO/c15-12-5-6-13-10(9-12)7-8-14(13,16)11-3-1-2-4-11/h5-6,9,11,16H,1-4,7-8H2. The molecule has 1 N–H and O–H groups in total. The third kappa shape index (κ3) is 1.40. The predicted octanol–water partition coefficient (Wildman–Crippen LogP) is 3.15. The molecule has 3 rings (SSSR count). The molecule has 1 fully saturated rings. The van der Waals surface area contributed by atoms with E-state index >= 15 is 0 Å². The van der Waals surface area contributed by atoms with Crippen molar-refractivity contribution in [3.05, 3.63) is 35.1 Å². The van der Waals surface area contributed by atoms with Crippen molar-refractivity contribution in [3.8, 4) is 0 Å². The molecule has 0 saturated heterocycles. The van der Waals surface area contributed by atoms with Gasteiger partial charge in [-0.3, -0.25) is 0 Å². The first-order chi connectivity index (χ1) is 7.70. The van der Waals surface area contributed by atoms with E-state index in [1.165, 1.54) is 18.9 Å². The summed E-state index contributed by atoms with van der Waals surface area (Å²) >= 11 is 0. The van der Waals surface area contributed by atoms with Crippen molar-refractivity contribution in [2.45, 2.75) is 44.1 Å². The van der Waals surface area contributed by atoms with Crippen LogP contribution >= 0.6 is 0 Å². The van der Waals surface area contributed by atoms with Gasteiger partial charge in [-0.05, 0) is 54.9 Å². The molecule has 86 valence electrons. The highest BCUT2D eigenvalue weighted by atomic mass is 19.1. The summed E-state index contributed by atoms with van der Waals surface area (Å²) in [5.41, 5.74) is 1.33. The van der Waals surface area contributed by atoms with Crippen LogP contribution in [0.1, 0.15) is 43.2 Å². The fourth-order valence-corrected chi connectivity index (χ4v) is 3.48. The lowest BCUT2D eigenvalue weighted by atomic mass is 9.81. The molecule has 2 aliphatic rings. The fourth-order valence-electron chi connectivity index (χ4n) is 3.48. The van der Waals surface area contributed by atoms with Crippen molar-refractivity contribution in [1.29, 1.82) is 0 Å². The third-order valence-corrected chi connectivity index (χ3v) is 4.34. The zero-order chi connectivity index (χ0) is 11.2. The largest absolute Gasteiger partial charge is 0.385 e. The highest BCUT2D eigenvalue weighted by Gasteiger charge is 2.44. The number of hydrogen-bond acceptors (Lipinski definition) is 1. The van der Waals surface area contributed by atoms with Gasteiger partial charge in [0.1, 0.15) is 5.82 Å². The summed E-state index contributed by atoms with van der Waals surface area (Å²) in [7, 11) is 0.